The van der Waals surface area contributed by atoms with Gasteiger partial charge in [0.2, 0.25) is 5.95 Å². The molecule has 0 aliphatic rings. The molecule has 0 spiro atoms. The summed E-state index contributed by atoms with van der Waals surface area (Å²) in [6, 6.07) is 6.10. The summed E-state index contributed by atoms with van der Waals surface area (Å²) in [5.41, 5.74) is 0.518. The molecule has 0 atom stereocenters. The van der Waals surface area contributed by atoms with Gasteiger partial charge in [0, 0.05) is 18.4 Å². The number of rotatable bonds is 7. The first-order chi connectivity index (χ1) is 11.9. The van der Waals surface area contributed by atoms with Crippen LogP contribution in [0.4, 0.5) is 22.2 Å². The van der Waals surface area contributed by atoms with E-state index >= 15 is 0 Å². The maximum Gasteiger partial charge on any atom is 0.326 e. The molecule has 134 valence electrons. The molecule has 0 aliphatic heterocycles. The van der Waals surface area contributed by atoms with Crippen molar-refractivity contribution in [1.29, 1.82) is 0 Å². The normalized spacial score (nSPS) is 10.6. The van der Waals surface area contributed by atoms with Gasteiger partial charge in [-0.15, -0.1) is 0 Å². The molecule has 1 heterocycles. The summed E-state index contributed by atoms with van der Waals surface area (Å²) in [5.74, 6) is 0.855. The number of hydrogen-bond acceptors (Lipinski definition) is 5. The SMILES string of the molecule is CN(C)CCCNc1ccnc(NC(=O)Nc2ccc(Cl)c(Cl)c2)n1. The predicted octanol–water partition coefficient (Wildman–Crippen LogP) is 3.79. The first-order valence-electron chi connectivity index (χ1n) is 7.69. The zero-order chi connectivity index (χ0) is 18.2. The van der Waals surface area contributed by atoms with Crippen LogP contribution in [-0.2, 0) is 0 Å². The molecule has 1 aromatic carbocycles. The summed E-state index contributed by atoms with van der Waals surface area (Å²) in [6.07, 6.45) is 2.56. The van der Waals surface area contributed by atoms with Gasteiger partial charge >= 0.3 is 6.03 Å². The lowest BCUT2D eigenvalue weighted by molar-refractivity contribution is 0.262. The van der Waals surface area contributed by atoms with Crippen LogP contribution in [-0.4, -0.2) is 48.1 Å². The lowest BCUT2D eigenvalue weighted by Crippen LogP contribution is -2.21. The van der Waals surface area contributed by atoms with Gasteiger partial charge in [-0.1, -0.05) is 23.2 Å². The number of carbonyl (C=O) groups excluding carboxylic acids is 1. The van der Waals surface area contributed by atoms with Crippen molar-refractivity contribution in [3.8, 4) is 0 Å². The highest BCUT2D eigenvalue weighted by molar-refractivity contribution is 6.42. The molecular formula is C16H20Cl2N6O. The maximum atomic E-state index is 12.0. The average molecular weight is 383 g/mol. The Balaban J connectivity index is 1.87. The number of hydrogen-bond donors (Lipinski definition) is 3. The zero-order valence-corrected chi connectivity index (χ0v) is 15.5. The van der Waals surface area contributed by atoms with Crippen molar-refractivity contribution in [3.63, 3.8) is 0 Å². The monoisotopic (exact) mass is 382 g/mol. The van der Waals surface area contributed by atoms with E-state index < -0.39 is 6.03 Å². The molecule has 0 saturated carbocycles. The van der Waals surface area contributed by atoms with Crippen molar-refractivity contribution in [2.75, 3.05) is 43.1 Å². The fraction of sp³-hybridized carbons (Fsp3) is 0.312. The molecule has 9 heteroatoms. The Hall–Kier alpha value is -2.09. The van der Waals surface area contributed by atoms with Gasteiger partial charge < -0.3 is 15.5 Å². The summed E-state index contributed by atoms with van der Waals surface area (Å²) in [5, 5.41) is 9.20. The van der Waals surface area contributed by atoms with Gasteiger partial charge in [0.1, 0.15) is 5.82 Å². The van der Waals surface area contributed by atoms with Gasteiger partial charge in [-0.3, -0.25) is 5.32 Å². The number of benzene rings is 1. The van der Waals surface area contributed by atoms with Crippen LogP contribution < -0.4 is 16.0 Å². The van der Waals surface area contributed by atoms with Crippen molar-refractivity contribution in [2.45, 2.75) is 6.42 Å². The topological polar surface area (TPSA) is 82.2 Å². The van der Waals surface area contributed by atoms with E-state index in [2.05, 4.69) is 30.8 Å². The third-order valence-corrected chi connectivity index (χ3v) is 3.89. The Morgan fingerprint density at radius 2 is 1.96 bits per heavy atom. The van der Waals surface area contributed by atoms with E-state index in [-0.39, 0.29) is 5.95 Å². The van der Waals surface area contributed by atoms with Crippen LogP contribution in [0.2, 0.25) is 10.0 Å². The molecule has 3 N–H and O–H groups in total. The number of amides is 2. The molecule has 25 heavy (non-hydrogen) atoms. The molecule has 0 fully saturated rings. The standard InChI is InChI=1S/C16H20Cl2N6O/c1-24(2)9-3-7-19-14-6-8-20-15(22-14)23-16(25)21-11-4-5-12(17)13(18)10-11/h4-6,8,10H,3,7,9H2,1-2H3,(H3,19,20,21,22,23,25). The number of nitrogens with one attached hydrogen (secondary N) is 3. The Morgan fingerprint density at radius 1 is 1.16 bits per heavy atom. The van der Waals surface area contributed by atoms with Gasteiger partial charge in [-0.25, -0.2) is 9.78 Å². The predicted molar refractivity (Wildman–Crippen MR) is 103 cm³/mol. The second kappa shape index (κ2) is 9.41. The van der Waals surface area contributed by atoms with Crippen LogP contribution in [0, 0.1) is 0 Å². The molecule has 2 amide bonds. The van der Waals surface area contributed by atoms with Crippen LogP contribution in [0.15, 0.2) is 30.5 Å². The Kier molecular flexibility index (Phi) is 7.24. The summed E-state index contributed by atoms with van der Waals surface area (Å²) >= 11 is 11.8. The molecule has 0 aliphatic carbocycles. The fourth-order valence-corrected chi connectivity index (χ4v) is 2.26. The highest BCUT2D eigenvalue weighted by Gasteiger charge is 2.07. The minimum atomic E-state index is -0.469. The number of carbonyl (C=O) groups is 1. The van der Waals surface area contributed by atoms with E-state index in [1.807, 2.05) is 14.1 Å². The second-order valence-corrected chi connectivity index (χ2v) is 6.37. The van der Waals surface area contributed by atoms with Crippen LogP contribution in [0.25, 0.3) is 0 Å². The highest BCUT2D eigenvalue weighted by Crippen LogP contribution is 2.25. The van der Waals surface area contributed by atoms with E-state index in [1.54, 1.807) is 30.5 Å². The van der Waals surface area contributed by atoms with Gasteiger partial charge in [-0.05, 0) is 51.3 Å². The van der Waals surface area contributed by atoms with Crippen molar-refractivity contribution in [3.05, 3.63) is 40.5 Å². The zero-order valence-electron chi connectivity index (χ0n) is 14.0. The minimum Gasteiger partial charge on any atom is -0.370 e. The molecule has 2 aromatic rings. The summed E-state index contributed by atoms with van der Waals surface area (Å²) in [4.78, 5) is 22.4. The number of halogens is 2. The number of nitrogens with zero attached hydrogens (tertiary/aromatic N) is 3. The number of aromatic nitrogens is 2. The van der Waals surface area contributed by atoms with Crippen LogP contribution in [0.1, 0.15) is 6.42 Å². The van der Waals surface area contributed by atoms with Crippen molar-refractivity contribution >= 4 is 46.7 Å². The fourth-order valence-electron chi connectivity index (χ4n) is 1.97. The minimum absolute atomic E-state index is 0.204. The Labute approximate surface area is 156 Å². The van der Waals surface area contributed by atoms with E-state index in [0.29, 0.717) is 21.6 Å². The number of anilines is 3. The summed E-state index contributed by atoms with van der Waals surface area (Å²) in [7, 11) is 4.05. The smallest absolute Gasteiger partial charge is 0.326 e. The molecule has 0 radical (unpaired) electrons. The van der Waals surface area contributed by atoms with Crippen LogP contribution in [0.3, 0.4) is 0 Å². The van der Waals surface area contributed by atoms with E-state index in [1.165, 1.54) is 0 Å². The molecule has 0 unspecified atom stereocenters. The van der Waals surface area contributed by atoms with Crippen molar-refractivity contribution < 1.29 is 4.79 Å². The third-order valence-electron chi connectivity index (χ3n) is 3.15. The van der Waals surface area contributed by atoms with Gasteiger partial charge in [0.15, 0.2) is 0 Å². The van der Waals surface area contributed by atoms with E-state index in [0.717, 1.165) is 19.5 Å². The molecule has 1 aromatic heterocycles. The van der Waals surface area contributed by atoms with Crippen LogP contribution >= 0.6 is 23.2 Å². The quantitative estimate of drug-likeness (QED) is 0.634. The van der Waals surface area contributed by atoms with Gasteiger partial charge in [-0.2, -0.15) is 4.98 Å². The second-order valence-electron chi connectivity index (χ2n) is 5.56. The van der Waals surface area contributed by atoms with Gasteiger partial charge in [0.05, 0.1) is 10.0 Å². The highest BCUT2D eigenvalue weighted by atomic mass is 35.5. The van der Waals surface area contributed by atoms with E-state index in [4.69, 9.17) is 23.2 Å². The van der Waals surface area contributed by atoms with Crippen LogP contribution in [0.5, 0.6) is 0 Å². The average Bonchev–Trinajstić information content (AvgIpc) is 2.55. The lowest BCUT2D eigenvalue weighted by atomic mass is 10.3. The Morgan fingerprint density at radius 3 is 2.68 bits per heavy atom. The molecule has 7 nitrogen and oxygen atoms in total. The van der Waals surface area contributed by atoms with E-state index in [9.17, 15) is 4.79 Å². The lowest BCUT2D eigenvalue weighted by Gasteiger charge is -2.11. The summed E-state index contributed by atoms with van der Waals surface area (Å²) < 4.78 is 0. The molecule has 2 rings (SSSR count). The summed E-state index contributed by atoms with van der Waals surface area (Å²) in [6.45, 7) is 1.76. The maximum absolute atomic E-state index is 12.0. The molecule has 0 bridgehead atoms. The van der Waals surface area contributed by atoms with Gasteiger partial charge in [0.25, 0.3) is 0 Å². The Bertz CT molecular complexity index is 726. The van der Waals surface area contributed by atoms with Crippen molar-refractivity contribution in [2.24, 2.45) is 0 Å². The first kappa shape index (κ1) is 19.2. The largest absolute Gasteiger partial charge is 0.370 e. The molecular weight excluding hydrogens is 363 g/mol. The van der Waals surface area contributed by atoms with Crippen molar-refractivity contribution in [1.82, 2.24) is 14.9 Å². The first-order valence-corrected chi connectivity index (χ1v) is 8.44. The third kappa shape index (κ3) is 6.74. The molecule has 0 saturated heterocycles. The number of urea groups is 1.